The van der Waals surface area contributed by atoms with E-state index in [1.165, 1.54) is 0 Å². The lowest BCUT2D eigenvalue weighted by Gasteiger charge is -2.11. The predicted octanol–water partition coefficient (Wildman–Crippen LogP) is -0.222. The highest BCUT2D eigenvalue weighted by atomic mass is 16.4. The second kappa shape index (κ2) is 3.36. The maximum Gasteiger partial charge on any atom is 0.118 e. The molecule has 0 spiro atoms. The van der Waals surface area contributed by atoms with Crippen LogP contribution in [-0.2, 0) is 4.79 Å². The average Bonchev–Trinajstić information content (AvgIpc) is 2.03. The van der Waals surface area contributed by atoms with Gasteiger partial charge in [0.15, 0.2) is 0 Å². The molecule has 0 fully saturated rings. The van der Waals surface area contributed by atoms with Crippen molar-refractivity contribution in [1.29, 1.82) is 0 Å². The number of aliphatic hydroxyl groups excluding tert-OH is 1. The van der Waals surface area contributed by atoms with Crippen molar-refractivity contribution in [2.45, 2.75) is 13.0 Å². The van der Waals surface area contributed by atoms with Crippen molar-refractivity contribution >= 4 is 5.97 Å². The molecule has 0 unspecified atom stereocenters. The van der Waals surface area contributed by atoms with Gasteiger partial charge in [-0.1, -0.05) is 29.8 Å². The molecule has 0 saturated heterocycles. The summed E-state index contributed by atoms with van der Waals surface area (Å²) in [6.07, 6.45) is -1.52. The van der Waals surface area contributed by atoms with Crippen LogP contribution in [0.5, 0.6) is 0 Å². The second-order valence-electron chi connectivity index (χ2n) is 2.64. The minimum atomic E-state index is -1.52. The van der Waals surface area contributed by atoms with E-state index in [0.717, 1.165) is 5.56 Å². The van der Waals surface area contributed by atoms with Crippen molar-refractivity contribution in [2.24, 2.45) is 0 Å². The molecule has 1 aromatic carbocycles. The lowest BCUT2D eigenvalue weighted by atomic mass is 10.1. The van der Waals surface area contributed by atoms with Gasteiger partial charge in [-0.3, -0.25) is 0 Å². The molecule has 0 heterocycles. The van der Waals surface area contributed by atoms with E-state index in [1.807, 2.05) is 13.0 Å². The van der Waals surface area contributed by atoms with Gasteiger partial charge in [0.25, 0.3) is 0 Å². The number of aliphatic hydroxyl groups is 1. The number of aryl methyl sites for hydroxylation is 1. The van der Waals surface area contributed by atoms with Gasteiger partial charge in [-0.2, -0.15) is 0 Å². The van der Waals surface area contributed by atoms with Gasteiger partial charge in [0.1, 0.15) is 6.10 Å². The lowest BCUT2D eigenvalue weighted by molar-refractivity contribution is -0.315. The molecule has 1 N–H and O–H groups in total. The summed E-state index contributed by atoms with van der Waals surface area (Å²) in [6.45, 7) is 1.82. The lowest BCUT2D eigenvalue weighted by Crippen LogP contribution is -2.29. The Morgan fingerprint density at radius 3 is 2.75 bits per heavy atom. The first kappa shape index (κ1) is 8.74. The van der Waals surface area contributed by atoms with Gasteiger partial charge < -0.3 is 15.0 Å². The van der Waals surface area contributed by atoms with Crippen LogP contribution in [0.25, 0.3) is 0 Å². The number of carboxylic acid groups (broad SMARTS) is 1. The van der Waals surface area contributed by atoms with Crippen molar-refractivity contribution in [3.8, 4) is 0 Å². The molecule has 0 aliphatic heterocycles. The van der Waals surface area contributed by atoms with Crippen molar-refractivity contribution < 1.29 is 15.0 Å². The van der Waals surface area contributed by atoms with E-state index in [2.05, 4.69) is 0 Å². The Kier molecular flexibility index (Phi) is 2.45. The summed E-state index contributed by atoms with van der Waals surface area (Å²) in [5.74, 6) is -1.47. The third-order valence-electron chi connectivity index (χ3n) is 1.58. The van der Waals surface area contributed by atoms with Crippen LogP contribution in [0.4, 0.5) is 0 Å². The molecule has 0 aromatic heterocycles. The van der Waals surface area contributed by atoms with E-state index in [0.29, 0.717) is 5.56 Å². The van der Waals surface area contributed by atoms with Crippen molar-refractivity contribution in [3.63, 3.8) is 0 Å². The smallest absolute Gasteiger partial charge is 0.118 e. The molecule has 1 aromatic rings. The molecule has 0 bridgehead atoms. The summed E-state index contributed by atoms with van der Waals surface area (Å²) >= 11 is 0. The van der Waals surface area contributed by atoms with E-state index in [1.54, 1.807) is 18.2 Å². The van der Waals surface area contributed by atoms with Crippen molar-refractivity contribution in [1.82, 2.24) is 0 Å². The average molecular weight is 165 g/mol. The van der Waals surface area contributed by atoms with Gasteiger partial charge in [-0.15, -0.1) is 0 Å². The van der Waals surface area contributed by atoms with Crippen molar-refractivity contribution in [2.75, 3.05) is 0 Å². The highest BCUT2D eigenvalue weighted by molar-refractivity contribution is 5.71. The highest BCUT2D eigenvalue weighted by Gasteiger charge is 2.06. The molecule has 12 heavy (non-hydrogen) atoms. The Labute approximate surface area is 70.3 Å². The molecule has 3 nitrogen and oxygen atoms in total. The normalized spacial score (nSPS) is 12.5. The van der Waals surface area contributed by atoms with Crippen LogP contribution in [-0.4, -0.2) is 11.1 Å². The first-order chi connectivity index (χ1) is 5.61. The fourth-order valence-corrected chi connectivity index (χ4v) is 0.976. The van der Waals surface area contributed by atoms with Gasteiger partial charge in [-0.25, -0.2) is 0 Å². The summed E-state index contributed by atoms with van der Waals surface area (Å²) in [7, 11) is 0. The van der Waals surface area contributed by atoms with E-state index >= 15 is 0 Å². The van der Waals surface area contributed by atoms with Crippen LogP contribution in [0.15, 0.2) is 24.3 Å². The minimum Gasteiger partial charge on any atom is -0.547 e. The van der Waals surface area contributed by atoms with Crippen LogP contribution in [0.1, 0.15) is 17.2 Å². The highest BCUT2D eigenvalue weighted by Crippen LogP contribution is 2.12. The number of carboxylic acids is 1. The summed E-state index contributed by atoms with van der Waals surface area (Å²) in [5, 5.41) is 19.3. The van der Waals surface area contributed by atoms with E-state index in [4.69, 9.17) is 5.11 Å². The number of carbonyl (C=O) groups excluding carboxylic acids is 1. The molecular weight excluding hydrogens is 156 g/mol. The fourth-order valence-electron chi connectivity index (χ4n) is 0.976. The number of aliphatic carboxylic acids is 1. The Balaban J connectivity index is 2.95. The molecular formula is C9H9O3-. The zero-order valence-electron chi connectivity index (χ0n) is 6.65. The number of hydrogen-bond donors (Lipinski definition) is 1. The van der Waals surface area contributed by atoms with Gasteiger partial charge in [0.05, 0.1) is 5.97 Å². The number of rotatable bonds is 2. The SMILES string of the molecule is Cc1cccc([C@@H](O)C(=O)[O-])c1. The topological polar surface area (TPSA) is 60.4 Å². The van der Waals surface area contributed by atoms with Crippen LogP contribution in [0.2, 0.25) is 0 Å². The van der Waals surface area contributed by atoms with E-state index in [9.17, 15) is 9.90 Å². The summed E-state index contributed by atoms with van der Waals surface area (Å²) < 4.78 is 0. The van der Waals surface area contributed by atoms with Crippen LogP contribution < -0.4 is 5.11 Å². The monoisotopic (exact) mass is 165 g/mol. The summed E-state index contributed by atoms with van der Waals surface area (Å²) in [5.41, 5.74) is 1.27. The number of hydrogen-bond acceptors (Lipinski definition) is 3. The standard InChI is InChI=1S/C9H10O3/c1-6-3-2-4-7(5-6)8(10)9(11)12/h2-5,8,10H,1H3,(H,11,12)/p-1/t8-/m1/s1. The molecule has 0 aliphatic rings. The molecule has 64 valence electrons. The quantitative estimate of drug-likeness (QED) is 0.659. The molecule has 3 heteroatoms. The maximum absolute atomic E-state index is 10.2. The predicted molar refractivity (Wildman–Crippen MR) is 41.1 cm³/mol. The van der Waals surface area contributed by atoms with Gasteiger partial charge >= 0.3 is 0 Å². The third kappa shape index (κ3) is 1.83. The molecule has 0 radical (unpaired) electrons. The Bertz CT molecular complexity index is 294. The molecule has 0 aliphatic carbocycles. The molecule has 1 rings (SSSR count). The summed E-state index contributed by atoms with van der Waals surface area (Å²) in [6, 6.07) is 6.68. The Morgan fingerprint density at radius 1 is 1.58 bits per heavy atom. The van der Waals surface area contributed by atoms with Crippen LogP contribution in [0, 0.1) is 6.92 Å². The first-order valence-corrected chi connectivity index (χ1v) is 3.57. The van der Waals surface area contributed by atoms with E-state index in [-0.39, 0.29) is 0 Å². The van der Waals surface area contributed by atoms with Gasteiger partial charge in [-0.05, 0) is 12.5 Å². The maximum atomic E-state index is 10.2. The van der Waals surface area contributed by atoms with Crippen LogP contribution >= 0.6 is 0 Å². The Hall–Kier alpha value is -1.35. The third-order valence-corrected chi connectivity index (χ3v) is 1.58. The Morgan fingerprint density at radius 2 is 2.25 bits per heavy atom. The largest absolute Gasteiger partial charge is 0.547 e. The first-order valence-electron chi connectivity index (χ1n) is 3.57. The molecule has 1 atom stereocenters. The molecule has 0 saturated carbocycles. The number of benzene rings is 1. The van der Waals surface area contributed by atoms with Crippen molar-refractivity contribution in [3.05, 3.63) is 35.4 Å². The zero-order chi connectivity index (χ0) is 9.14. The summed E-state index contributed by atoms with van der Waals surface area (Å²) in [4.78, 5) is 10.2. The zero-order valence-corrected chi connectivity index (χ0v) is 6.65. The van der Waals surface area contributed by atoms with Gasteiger partial charge in [0, 0.05) is 0 Å². The fraction of sp³-hybridized carbons (Fsp3) is 0.222. The van der Waals surface area contributed by atoms with Gasteiger partial charge in [0.2, 0.25) is 0 Å². The number of carbonyl (C=O) groups is 1. The second-order valence-corrected chi connectivity index (χ2v) is 2.64. The minimum absolute atomic E-state index is 0.356. The van der Waals surface area contributed by atoms with Crippen LogP contribution in [0.3, 0.4) is 0 Å². The van der Waals surface area contributed by atoms with E-state index < -0.39 is 12.1 Å². The molecule has 0 amide bonds.